The lowest BCUT2D eigenvalue weighted by Crippen LogP contribution is -2.26. The molecule has 0 saturated heterocycles. The molecule has 4 N–H and O–H groups in total. The minimum atomic E-state index is -3.60. The van der Waals surface area contributed by atoms with Crippen LogP contribution in [0.3, 0.4) is 0 Å². The molecular weight excluding hydrogens is 268 g/mol. The third kappa shape index (κ3) is 4.19. The zero-order valence-electron chi connectivity index (χ0n) is 11.4. The lowest BCUT2D eigenvalue weighted by Gasteiger charge is -2.06. The number of unbranched alkanes of at least 4 members (excludes halogenated alkanes) is 3. The molecule has 0 aliphatic rings. The molecule has 0 atom stereocenters. The van der Waals surface area contributed by atoms with Crippen molar-refractivity contribution in [3.8, 4) is 0 Å². The number of nitrogens with one attached hydrogen (secondary N) is 1. The fraction of sp³-hybridized carbons (Fsp3) is 0.727. The minimum Gasteiger partial charge on any atom is -0.396 e. The molecule has 7 nitrogen and oxygen atoms in total. The van der Waals surface area contributed by atoms with Gasteiger partial charge in [0.25, 0.3) is 0 Å². The quantitative estimate of drug-likeness (QED) is 0.590. The summed E-state index contributed by atoms with van der Waals surface area (Å²) in [4.78, 5) is 0.0605. The van der Waals surface area contributed by atoms with Crippen LogP contribution in [0, 0.1) is 6.92 Å². The summed E-state index contributed by atoms with van der Waals surface area (Å²) >= 11 is 0. The molecule has 0 amide bonds. The lowest BCUT2D eigenvalue weighted by atomic mass is 10.2. The van der Waals surface area contributed by atoms with Gasteiger partial charge in [-0.05, 0) is 19.8 Å². The van der Waals surface area contributed by atoms with E-state index in [0.29, 0.717) is 12.2 Å². The third-order valence-corrected chi connectivity index (χ3v) is 4.58. The number of aromatic nitrogens is 2. The Morgan fingerprint density at radius 3 is 2.47 bits per heavy atom. The van der Waals surface area contributed by atoms with Gasteiger partial charge in [-0.2, -0.15) is 5.10 Å². The van der Waals surface area contributed by atoms with Gasteiger partial charge < -0.3 is 10.8 Å². The Morgan fingerprint density at radius 2 is 1.95 bits per heavy atom. The van der Waals surface area contributed by atoms with Gasteiger partial charge in [0.2, 0.25) is 10.0 Å². The second-order valence-corrected chi connectivity index (χ2v) is 6.16. The topological polar surface area (TPSA) is 110 Å². The van der Waals surface area contributed by atoms with Crippen LogP contribution in [0.4, 0.5) is 5.82 Å². The van der Waals surface area contributed by atoms with Crippen molar-refractivity contribution >= 4 is 15.8 Å². The molecule has 0 saturated carbocycles. The second kappa shape index (κ2) is 6.88. The molecule has 110 valence electrons. The largest absolute Gasteiger partial charge is 0.396 e. The smallest absolute Gasteiger partial charge is 0.246 e. The van der Waals surface area contributed by atoms with E-state index in [2.05, 4.69) is 9.82 Å². The number of nitrogens with two attached hydrogens (primary N) is 1. The van der Waals surface area contributed by atoms with Crippen LogP contribution in [0.25, 0.3) is 0 Å². The van der Waals surface area contributed by atoms with Gasteiger partial charge in [0.15, 0.2) is 5.82 Å². The van der Waals surface area contributed by atoms with Gasteiger partial charge in [0.1, 0.15) is 4.90 Å². The summed E-state index contributed by atoms with van der Waals surface area (Å²) in [7, 11) is -1.95. The highest BCUT2D eigenvalue weighted by Crippen LogP contribution is 2.20. The summed E-state index contributed by atoms with van der Waals surface area (Å²) in [5.74, 6) is 0.0211. The lowest BCUT2D eigenvalue weighted by molar-refractivity contribution is 0.282. The van der Waals surface area contributed by atoms with Crippen LogP contribution in [0.2, 0.25) is 0 Å². The molecule has 1 aromatic rings. The summed E-state index contributed by atoms with van der Waals surface area (Å²) in [5, 5.41) is 12.5. The highest BCUT2D eigenvalue weighted by atomic mass is 32.2. The number of rotatable bonds is 8. The van der Waals surface area contributed by atoms with Crippen molar-refractivity contribution in [3.63, 3.8) is 0 Å². The standard InChI is InChI=1S/C11H22N4O3S/c1-9-10(11(12)14-15(9)2)19(17,18)13-7-5-3-4-6-8-16/h13,16H,3-8H2,1-2H3,(H2,12,14). The number of aryl methyl sites for hydroxylation is 1. The third-order valence-electron chi connectivity index (χ3n) is 2.95. The first-order valence-electron chi connectivity index (χ1n) is 6.29. The average molecular weight is 290 g/mol. The number of sulfonamides is 1. The number of hydrogen-bond donors (Lipinski definition) is 3. The van der Waals surface area contributed by atoms with E-state index in [1.165, 1.54) is 4.68 Å². The van der Waals surface area contributed by atoms with E-state index in [9.17, 15) is 8.42 Å². The fourth-order valence-electron chi connectivity index (χ4n) is 1.82. The summed E-state index contributed by atoms with van der Waals surface area (Å²) < 4.78 is 28.2. The van der Waals surface area contributed by atoms with E-state index in [4.69, 9.17) is 10.8 Å². The zero-order valence-corrected chi connectivity index (χ0v) is 12.2. The van der Waals surface area contributed by atoms with Gasteiger partial charge in [0.05, 0.1) is 5.69 Å². The van der Waals surface area contributed by atoms with Crippen LogP contribution >= 0.6 is 0 Å². The van der Waals surface area contributed by atoms with Crippen molar-refractivity contribution in [3.05, 3.63) is 5.69 Å². The summed E-state index contributed by atoms with van der Waals surface area (Å²) in [5.41, 5.74) is 6.14. The van der Waals surface area contributed by atoms with E-state index < -0.39 is 10.0 Å². The van der Waals surface area contributed by atoms with Gasteiger partial charge in [-0.1, -0.05) is 12.8 Å². The zero-order chi connectivity index (χ0) is 14.5. The van der Waals surface area contributed by atoms with E-state index in [1.54, 1.807) is 14.0 Å². The van der Waals surface area contributed by atoms with E-state index >= 15 is 0 Å². The van der Waals surface area contributed by atoms with Crippen molar-refractivity contribution in [2.75, 3.05) is 18.9 Å². The first-order chi connectivity index (χ1) is 8.90. The van der Waals surface area contributed by atoms with Crippen molar-refractivity contribution in [1.82, 2.24) is 14.5 Å². The van der Waals surface area contributed by atoms with Crippen molar-refractivity contribution in [2.45, 2.75) is 37.5 Å². The molecule has 0 aromatic carbocycles. The highest BCUT2D eigenvalue weighted by molar-refractivity contribution is 7.89. The number of anilines is 1. The number of nitrogens with zero attached hydrogens (tertiary/aromatic N) is 2. The Bertz CT molecular complexity index is 510. The number of aliphatic hydroxyl groups is 1. The number of hydrogen-bond acceptors (Lipinski definition) is 5. The summed E-state index contributed by atoms with van der Waals surface area (Å²) in [6, 6.07) is 0. The van der Waals surface area contributed by atoms with Crippen LogP contribution in [-0.4, -0.2) is 36.5 Å². The minimum absolute atomic E-state index is 0.0211. The maximum Gasteiger partial charge on any atom is 0.246 e. The van der Waals surface area contributed by atoms with E-state index in [-0.39, 0.29) is 17.3 Å². The van der Waals surface area contributed by atoms with Gasteiger partial charge in [0, 0.05) is 20.2 Å². The van der Waals surface area contributed by atoms with Gasteiger partial charge >= 0.3 is 0 Å². The molecule has 0 bridgehead atoms. The Morgan fingerprint density at radius 1 is 1.32 bits per heavy atom. The van der Waals surface area contributed by atoms with Crippen LogP contribution in [0.15, 0.2) is 4.90 Å². The van der Waals surface area contributed by atoms with Crippen LogP contribution in [0.5, 0.6) is 0 Å². The molecule has 0 unspecified atom stereocenters. The Hall–Kier alpha value is -1.12. The highest BCUT2D eigenvalue weighted by Gasteiger charge is 2.23. The predicted octanol–water partition coefficient (Wildman–Crippen LogP) is 0.142. The molecule has 0 radical (unpaired) electrons. The van der Waals surface area contributed by atoms with Gasteiger partial charge in [-0.15, -0.1) is 0 Å². The maximum atomic E-state index is 12.1. The molecule has 0 aliphatic carbocycles. The summed E-state index contributed by atoms with van der Waals surface area (Å²) in [6.07, 6.45) is 3.26. The maximum absolute atomic E-state index is 12.1. The molecule has 0 fully saturated rings. The Kier molecular flexibility index (Phi) is 5.77. The summed E-state index contributed by atoms with van der Waals surface area (Å²) in [6.45, 7) is 2.21. The normalized spacial score (nSPS) is 11.9. The first kappa shape index (κ1) is 15.9. The number of nitrogen functional groups attached to an aromatic ring is 1. The molecular formula is C11H22N4O3S. The molecule has 1 heterocycles. The average Bonchev–Trinajstić information content (AvgIpc) is 2.58. The monoisotopic (exact) mass is 290 g/mol. The molecule has 19 heavy (non-hydrogen) atoms. The molecule has 8 heteroatoms. The van der Waals surface area contributed by atoms with Crippen molar-refractivity contribution < 1.29 is 13.5 Å². The molecule has 0 aliphatic heterocycles. The van der Waals surface area contributed by atoms with Crippen LogP contribution in [-0.2, 0) is 17.1 Å². The van der Waals surface area contributed by atoms with Crippen LogP contribution < -0.4 is 10.5 Å². The van der Waals surface area contributed by atoms with Crippen molar-refractivity contribution in [1.29, 1.82) is 0 Å². The van der Waals surface area contributed by atoms with Gasteiger partial charge in [-0.25, -0.2) is 13.1 Å². The Labute approximate surface area is 113 Å². The number of aliphatic hydroxyl groups excluding tert-OH is 1. The fourth-order valence-corrected chi connectivity index (χ4v) is 3.21. The predicted molar refractivity (Wildman–Crippen MR) is 73.1 cm³/mol. The van der Waals surface area contributed by atoms with Gasteiger partial charge in [-0.3, -0.25) is 4.68 Å². The Balaban J connectivity index is 2.57. The van der Waals surface area contributed by atoms with E-state index in [0.717, 1.165) is 25.7 Å². The second-order valence-electron chi connectivity index (χ2n) is 4.46. The van der Waals surface area contributed by atoms with Crippen LogP contribution in [0.1, 0.15) is 31.4 Å². The SMILES string of the molecule is Cc1c(S(=O)(=O)NCCCCCCO)c(N)nn1C. The van der Waals surface area contributed by atoms with E-state index in [1.807, 2.05) is 0 Å². The molecule has 0 spiro atoms. The molecule has 1 rings (SSSR count). The van der Waals surface area contributed by atoms with Crippen molar-refractivity contribution in [2.24, 2.45) is 7.05 Å². The molecule has 1 aromatic heterocycles. The first-order valence-corrected chi connectivity index (χ1v) is 7.78.